The third kappa shape index (κ3) is 8.01. The number of hydrogen-bond donors (Lipinski definition) is 4. The molecule has 0 radical (unpaired) electrons. The fraction of sp³-hybridized carbons (Fsp3) is 0.188. The molecule has 0 aliphatic rings. The molecule has 0 aliphatic heterocycles. The molecular weight excluding hydrogens is 307 g/mol. The zero-order valence-electron chi connectivity index (χ0n) is 12.1. The van der Waals surface area contributed by atoms with Crippen LogP contribution in [0, 0.1) is 0 Å². The zero-order valence-corrected chi connectivity index (χ0v) is 12.1. The van der Waals surface area contributed by atoms with Gasteiger partial charge in [0.15, 0.2) is 11.5 Å². The fourth-order valence-electron chi connectivity index (χ4n) is 1.52. The van der Waals surface area contributed by atoms with Crippen molar-refractivity contribution in [1.29, 1.82) is 0 Å². The number of rotatable bonds is 4. The third-order valence-corrected chi connectivity index (χ3v) is 2.58. The van der Waals surface area contributed by atoms with Gasteiger partial charge in [0.25, 0.3) is 0 Å². The van der Waals surface area contributed by atoms with Gasteiger partial charge in [-0.3, -0.25) is 4.79 Å². The Balaban J connectivity index is 0.000000871. The number of nitrogens with two attached hydrogens (primary N) is 2. The van der Waals surface area contributed by atoms with Crippen molar-refractivity contribution in [3.8, 4) is 17.2 Å². The van der Waals surface area contributed by atoms with Gasteiger partial charge in [-0.25, -0.2) is 0 Å². The molecule has 6 nitrogen and oxygen atoms in total. The standard InChI is InChI=1S/C14H12O4.C2H8N2.Na.H/c15-11-6-2-1-5-10(11)9-14(17)18-13-8-4-3-7-12(13)16;3-1-2-4;;/h1-8,15-16H,9H2;1-4H2;;. The van der Waals surface area contributed by atoms with E-state index in [0.29, 0.717) is 18.7 Å². The molecule has 0 aromatic heterocycles. The van der Waals surface area contributed by atoms with Gasteiger partial charge in [-0.05, 0) is 18.2 Å². The summed E-state index contributed by atoms with van der Waals surface area (Å²) in [6, 6.07) is 12.8. The Labute approximate surface area is 157 Å². The predicted octanol–water partition coefficient (Wildman–Crippen LogP) is 0.501. The minimum absolute atomic E-state index is 0. The molecule has 0 fully saturated rings. The first-order valence-electron chi connectivity index (χ1n) is 6.74. The van der Waals surface area contributed by atoms with Crippen molar-refractivity contribution >= 4 is 35.5 Å². The van der Waals surface area contributed by atoms with Gasteiger partial charge in [-0.1, -0.05) is 30.3 Å². The topological polar surface area (TPSA) is 119 Å². The van der Waals surface area contributed by atoms with Crippen LogP contribution in [0.5, 0.6) is 17.2 Å². The monoisotopic (exact) mass is 328 g/mol. The number of para-hydroxylation sites is 3. The van der Waals surface area contributed by atoms with Crippen LogP contribution >= 0.6 is 0 Å². The van der Waals surface area contributed by atoms with Crippen molar-refractivity contribution in [1.82, 2.24) is 0 Å². The summed E-state index contributed by atoms with van der Waals surface area (Å²) in [5.41, 5.74) is 10.3. The van der Waals surface area contributed by atoms with E-state index < -0.39 is 5.97 Å². The SMILES string of the molecule is NCCN.O=C(Cc1ccccc1O)Oc1ccccc1O.[NaH]. The summed E-state index contributed by atoms with van der Waals surface area (Å²) in [4.78, 5) is 11.6. The van der Waals surface area contributed by atoms with E-state index in [1.54, 1.807) is 30.3 Å². The number of carbonyl (C=O) groups excluding carboxylic acids is 1. The molecule has 23 heavy (non-hydrogen) atoms. The first-order valence-corrected chi connectivity index (χ1v) is 6.74. The average molecular weight is 328 g/mol. The molecule has 120 valence electrons. The number of hydrogen-bond acceptors (Lipinski definition) is 6. The van der Waals surface area contributed by atoms with E-state index in [4.69, 9.17) is 16.2 Å². The van der Waals surface area contributed by atoms with Crippen molar-refractivity contribution < 1.29 is 19.7 Å². The van der Waals surface area contributed by atoms with Crippen molar-refractivity contribution in [3.05, 3.63) is 54.1 Å². The van der Waals surface area contributed by atoms with E-state index >= 15 is 0 Å². The molecule has 0 amide bonds. The van der Waals surface area contributed by atoms with Crippen LogP contribution in [-0.4, -0.2) is 58.8 Å². The van der Waals surface area contributed by atoms with Crippen molar-refractivity contribution in [3.63, 3.8) is 0 Å². The van der Waals surface area contributed by atoms with Crippen LogP contribution in [0.15, 0.2) is 48.5 Å². The Hall–Kier alpha value is -1.57. The molecular formula is C16H21N2NaO4. The summed E-state index contributed by atoms with van der Waals surface area (Å²) in [6.45, 7) is 1.19. The predicted molar refractivity (Wildman–Crippen MR) is 90.8 cm³/mol. The average Bonchev–Trinajstić information content (AvgIpc) is 2.52. The maximum atomic E-state index is 11.6. The van der Waals surface area contributed by atoms with E-state index in [-0.39, 0.29) is 53.2 Å². The molecule has 0 heterocycles. The molecule has 7 heteroatoms. The number of esters is 1. The van der Waals surface area contributed by atoms with E-state index in [0.717, 1.165) is 0 Å². The molecule has 0 bridgehead atoms. The van der Waals surface area contributed by atoms with Gasteiger partial charge in [0.1, 0.15) is 5.75 Å². The number of ether oxygens (including phenoxy) is 1. The van der Waals surface area contributed by atoms with Crippen LogP contribution in [0.1, 0.15) is 5.56 Å². The molecule has 2 aromatic rings. The molecule has 0 unspecified atom stereocenters. The van der Waals surface area contributed by atoms with E-state index in [2.05, 4.69) is 0 Å². The van der Waals surface area contributed by atoms with Gasteiger partial charge in [0, 0.05) is 18.7 Å². The van der Waals surface area contributed by atoms with Crippen molar-refractivity contribution in [2.75, 3.05) is 13.1 Å². The Morgan fingerprint density at radius 1 is 0.913 bits per heavy atom. The van der Waals surface area contributed by atoms with Crippen molar-refractivity contribution in [2.45, 2.75) is 6.42 Å². The number of carbonyl (C=O) groups is 1. The second-order valence-electron chi connectivity index (χ2n) is 4.32. The number of phenols is 2. The third-order valence-electron chi connectivity index (χ3n) is 2.58. The van der Waals surface area contributed by atoms with Crippen LogP contribution in [0.4, 0.5) is 0 Å². The molecule has 0 atom stereocenters. The van der Waals surface area contributed by atoms with Crippen molar-refractivity contribution in [2.24, 2.45) is 11.5 Å². The molecule has 6 N–H and O–H groups in total. The van der Waals surface area contributed by atoms with Crippen LogP contribution < -0.4 is 16.2 Å². The molecule has 2 rings (SSSR count). The summed E-state index contributed by atoms with van der Waals surface area (Å²) in [5, 5.41) is 19.0. The van der Waals surface area contributed by atoms with Gasteiger partial charge in [0.05, 0.1) is 6.42 Å². The van der Waals surface area contributed by atoms with Crippen LogP contribution in [0.3, 0.4) is 0 Å². The van der Waals surface area contributed by atoms with Gasteiger partial charge in [-0.15, -0.1) is 0 Å². The zero-order chi connectivity index (χ0) is 16.4. The Bertz CT molecular complexity index is 557. The second kappa shape index (κ2) is 11.9. The fourth-order valence-corrected chi connectivity index (χ4v) is 1.52. The van der Waals surface area contributed by atoms with Gasteiger partial charge >= 0.3 is 35.5 Å². The summed E-state index contributed by atoms with van der Waals surface area (Å²) < 4.78 is 5.00. The van der Waals surface area contributed by atoms with E-state index in [1.807, 2.05) is 0 Å². The number of benzene rings is 2. The second-order valence-corrected chi connectivity index (χ2v) is 4.32. The van der Waals surface area contributed by atoms with Crippen LogP contribution in [-0.2, 0) is 11.2 Å². The first-order chi connectivity index (χ1) is 10.6. The van der Waals surface area contributed by atoms with Gasteiger partial charge < -0.3 is 26.4 Å². The summed E-state index contributed by atoms with van der Waals surface area (Å²) in [6.07, 6.45) is -0.0546. The quantitative estimate of drug-likeness (QED) is 0.369. The summed E-state index contributed by atoms with van der Waals surface area (Å²) in [7, 11) is 0. The number of aromatic hydroxyl groups is 2. The minimum atomic E-state index is -0.544. The number of phenolic OH excluding ortho intramolecular Hbond substituents is 2. The molecule has 0 saturated carbocycles. The maximum absolute atomic E-state index is 11.6. The Kier molecular flexibility index (Phi) is 11.1. The van der Waals surface area contributed by atoms with Crippen LogP contribution in [0.25, 0.3) is 0 Å². The van der Waals surface area contributed by atoms with Crippen LogP contribution in [0.2, 0.25) is 0 Å². The summed E-state index contributed by atoms with van der Waals surface area (Å²) >= 11 is 0. The molecule has 0 saturated heterocycles. The van der Waals surface area contributed by atoms with Gasteiger partial charge in [0.2, 0.25) is 0 Å². The normalized spacial score (nSPS) is 9.13. The Morgan fingerprint density at radius 2 is 1.43 bits per heavy atom. The molecule has 0 spiro atoms. The summed E-state index contributed by atoms with van der Waals surface area (Å²) in [5.74, 6) is -0.481. The van der Waals surface area contributed by atoms with E-state index in [1.165, 1.54) is 18.2 Å². The molecule has 0 aliphatic carbocycles. The molecule has 2 aromatic carbocycles. The first kappa shape index (κ1) is 21.4. The van der Waals surface area contributed by atoms with Gasteiger partial charge in [-0.2, -0.15) is 0 Å². The van der Waals surface area contributed by atoms with E-state index in [9.17, 15) is 15.0 Å². The Morgan fingerprint density at radius 3 is 1.96 bits per heavy atom.